The van der Waals surface area contributed by atoms with Crippen LogP contribution in [0.15, 0.2) is 59.6 Å². The summed E-state index contributed by atoms with van der Waals surface area (Å²) in [5.41, 5.74) is 2.54. The Morgan fingerprint density at radius 1 is 1.04 bits per heavy atom. The van der Waals surface area contributed by atoms with E-state index in [0.29, 0.717) is 0 Å². The summed E-state index contributed by atoms with van der Waals surface area (Å²) >= 11 is 1.47. The van der Waals surface area contributed by atoms with E-state index in [1.807, 2.05) is 61.7 Å². The zero-order valence-electron chi connectivity index (χ0n) is 14.0. The van der Waals surface area contributed by atoms with Gasteiger partial charge in [0.05, 0.1) is 10.9 Å². The van der Waals surface area contributed by atoms with Gasteiger partial charge in [-0.2, -0.15) is 0 Å². The standard InChI is InChI=1S/C19H19N3O2S/c1-12(25-15-8-6-14(7-9-15)21-13(2)23)19(24)22-18-5-3-4-17-16(18)10-11-20-17/h3-12,20H,1-2H3,(H,21,23)(H,22,24). The first-order valence-electron chi connectivity index (χ1n) is 7.94. The van der Waals surface area contributed by atoms with Crippen LogP contribution >= 0.6 is 11.8 Å². The average molecular weight is 353 g/mol. The molecule has 0 fully saturated rings. The van der Waals surface area contributed by atoms with Gasteiger partial charge in [0.15, 0.2) is 0 Å². The zero-order chi connectivity index (χ0) is 17.8. The van der Waals surface area contributed by atoms with E-state index in [1.165, 1.54) is 18.7 Å². The van der Waals surface area contributed by atoms with Gasteiger partial charge >= 0.3 is 0 Å². The zero-order valence-corrected chi connectivity index (χ0v) is 14.8. The van der Waals surface area contributed by atoms with E-state index in [2.05, 4.69) is 15.6 Å². The highest BCUT2D eigenvalue weighted by Crippen LogP contribution is 2.27. The third-order valence-electron chi connectivity index (χ3n) is 3.71. The van der Waals surface area contributed by atoms with Crippen LogP contribution in [0.25, 0.3) is 10.9 Å². The summed E-state index contributed by atoms with van der Waals surface area (Å²) in [6, 6.07) is 15.2. The highest BCUT2D eigenvalue weighted by molar-refractivity contribution is 8.00. The Bertz CT molecular complexity index is 902. The Kier molecular flexibility index (Phi) is 5.09. The number of hydrogen-bond donors (Lipinski definition) is 3. The average Bonchev–Trinajstić information content (AvgIpc) is 3.06. The SMILES string of the molecule is CC(=O)Nc1ccc(SC(C)C(=O)Nc2cccc3[nH]ccc23)cc1. The smallest absolute Gasteiger partial charge is 0.237 e. The van der Waals surface area contributed by atoms with Crippen LogP contribution in [0.5, 0.6) is 0 Å². The minimum Gasteiger partial charge on any atom is -0.361 e. The summed E-state index contributed by atoms with van der Waals surface area (Å²) in [5.74, 6) is -0.156. The monoisotopic (exact) mass is 353 g/mol. The number of H-pyrrole nitrogens is 1. The van der Waals surface area contributed by atoms with Gasteiger partial charge in [0.25, 0.3) is 0 Å². The molecular formula is C19H19N3O2S. The molecule has 6 heteroatoms. The van der Waals surface area contributed by atoms with Crippen LogP contribution in [0.1, 0.15) is 13.8 Å². The van der Waals surface area contributed by atoms with E-state index in [4.69, 9.17) is 0 Å². The molecule has 2 aromatic carbocycles. The molecule has 3 N–H and O–H groups in total. The van der Waals surface area contributed by atoms with Crippen LogP contribution in [0.3, 0.4) is 0 Å². The predicted molar refractivity (Wildman–Crippen MR) is 103 cm³/mol. The van der Waals surface area contributed by atoms with Gasteiger partial charge in [-0.05, 0) is 49.4 Å². The maximum absolute atomic E-state index is 12.5. The molecule has 0 aliphatic carbocycles. The van der Waals surface area contributed by atoms with E-state index in [0.717, 1.165) is 27.2 Å². The van der Waals surface area contributed by atoms with Crippen molar-refractivity contribution in [2.45, 2.75) is 24.0 Å². The second-order valence-electron chi connectivity index (χ2n) is 5.70. The molecule has 0 bridgehead atoms. The number of rotatable bonds is 5. The Morgan fingerprint density at radius 3 is 2.52 bits per heavy atom. The molecule has 5 nitrogen and oxygen atoms in total. The number of carbonyl (C=O) groups is 2. The van der Waals surface area contributed by atoms with Crippen molar-refractivity contribution in [1.29, 1.82) is 0 Å². The Balaban J connectivity index is 1.64. The fraction of sp³-hybridized carbons (Fsp3) is 0.158. The number of carbonyl (C=O) groups excluding carboxylic acids is 2. The van der Waals surface area contributed by atoms with Crippen molar-refractivity contribution in [2.24, 2.45) is 0 Å². The molecule has 0 aliphatic rings. The van der Waals surface area contributed by atoms with E-state index in [-0.39, 0.29) is 17.1 Å². The number of aromatic amines is 1. The van der Waals surface area contributed by atoms with Gasteiger partial charge in [-0.1, -0.05) is 6.07 Å². The van der Waals surface area contributed by atoms with Crippen LogP contribution in [-0.2, 0) is 9.59 Å². The fourth-order valence-electron chi connectivity index (χ4n) is 2.51. The molecule has 1 atom stereocenters. The number of nitrogens with one attached hydrogen (secondary N) is 3. The van der Waals surface area contributed by atoms with Crippen molar-refractivity contribution in [3.63, 3.8) is 0 Å². The van der Waals surface area contributed by atoms with Crippen LogP contribution < -0.4 is 10.6 Å². The largest absolute Gasteiger partial charge is 0.361 e. The molecule has 3 rings (SSSR count). The lowest BCUT2D eigenvalue weighted by Gasteiger charge is -2.13. The van der Waals surface area contributed by atoms with Gasteiger partial charge in [-0.3, -0.25) is 9.59 Å². The van der Waals surface area contributed by atoms with E-state index < -0.39 is 0 Å². The molecule has 1 heterocycles. The van der Waals surface area contributed by atoms with E-state index >= 15 is 0 Å². The minimum absolute atomic E-state index is 0.0513. The first-order valence-corrected chi connectivity index (χ1v) is 8.82. The van der Waals surface area contributed by atoms with E-state index in [9.17, 15) is 9.59 Å². The Morgan fingerprint density at radius 2 is 1.80 bits per heavy atom. The molecule has 25 heavy (non-hydrogen) atoms. The number of fused-ring (bicyclic) bond motifs is 1. The van der Waals surface area contributed by atoms with Crippen LogP contribution in [0, 0.1) is 0 Å². The summed E-state index contributed by atoms with van der Waals surface area (Å²) in [6.07, 6.45) is 1.86. The summed E-state index contributed by atoms with van der Waals surface area (Å²) in [5, 5.41) is 6.46. The molecule has 128 valence electrons. The maximum Gasteiger partial charge on any atom is 0.237 e. The number of thioether (sulfide) groups is 1. The van der Waals surface area contributed by atoms with Gasteiger partial charge < -0.3 is 15.6 Å². The van der Waals surface area contributed by atoms with Crippen molar-refractivity contribution >= 4 is 45.9 Å². The van der Waals surface area contributed by atoms with Crippen LogP contribution in [0.4, 0.5) is 11.4 Å². The van der Waals surface area contributed by atoms with E-state index in [1.54, 1.807) is 0 Å². The van der Waals surface area contributed by atoms with Crippen LogP contribution in [0.2, 0.25) is 0 Å². The topological polar surface area (TPSA) is 74.0 Å². The molecule has 1 aromatic heterocycles. The van der Waals surface area contributed by atoms with Crippen LogP contribution in [-0.4, -0.2) is 22.0 Å². The number of benzene rings is 2. The quantitative estimate of drug-likeness (QED) is 0.601. The third kappa shape index (κ3) is 4.22. The second kappa shape index (κ2) is 7.44. The molecule has 2 amide bonds. The number of aromatic nitrogens is 1. The summed E-state index contributed by atoms with van der Waals surface area (Å²) in [6.45, 7) is 3.35. The highest BCUT2D eigenvalue weighted by atomic mass is 32.2. The van der Waals surface area contributed by atoms with Crippen molar-refractivity contribution in [2.75, 3.05) is 10.6 Å². The molecule has 0 radical (unpaired) electrons. The Hall–Kier alpha value is -2.73. The van der Waals surface area contributed by atoms with Gasteiger partial charge in [-0.25, -0.2) is 0 Å². The predicted octanol–water partition coefficient (Wildman–Crippen LogP) is 4.25. The molecule has 0 aliphatic heterocycles. The molecular weight excluding hydrogens is 334 g/mol. The first-order chi connectivity index (χ1) is 12.0. The normalized spacial score (nSPS) is 11.9. The number of amides is 2. The number of anilines is 2. The first kappa shape index (κ1) is 17.1. The summed E-state index contributed by atoms with van der Waals surface area (Å²) in [4.78, 5) is 27.6. The van der Waals surface area contributed by atoms with Gasteiger partial charge in [0, 0.05) is 34.6 Å². The third-order valence-corrected chi connectivity index (χ3v) is 4.82. The fourth-order valence-corrected chi connectivity index (χ4v) is 3.37. The van der Waals surface area contributed by atoms with Crippen molar-refractivity contribution in [3.05, 3.63) is 54.7 Å². The second-order valence-corrected chi connectivity index (χ2v) is 7.11. The van der Waals surface area contributed by atoms with Crippen molar-refractivity contribution in [3.8, 4) is 0 Å². The highest BCUT2D eigenvalue weighted by Gasteiger charge is 2.15. The lowest BCUT2D eigenvalue weighted by molar-refractivity contribution is -0.115. The minimum atomic E-state index is -0.249. The molecule has 0 saturated heterocycles. The van der Waals surface area contributed by atoms with Gasteiger partial charge in [-0.15, -0.1) is 11.8 Å². The molecule has 0 spiro atoms. The molecule has 3 aromatic rings. The van der Waals surface area contributed by atoms with Crippen molar-refractivity contribution < 1.29 is 9.59 Å². The summed E-state index contributed by atoms with van der Waals surface area (Å²) < 4.78 is 0. The van der Waals surface area contributed by atoms with Gasteiger partial charge in [0.2, 0.25) is 11.8 Å². The summed E-state index contributed by atoms with van der Waals surface area (Å²) in [7, 11) is 0. The maximum atomic E-state index is 12.5. The lowest BCUT2D eigenvalue weighted by Crippen LogP contribution is -2.22. The number of hydrogen-bond acceptors (Lipinski definition) is 3. The lowest BCUT2D eigenvalue weighted by atomic mass is 10.2. The van der Waals surface area contributed by atoms with Gasteiger partial charge in [0.1, 0.15) is 0 Å². The Labute approximate surface area is 150 Å². The van der Waals surface area contributed by atoms with Crippen molar-refractivity contribution in [1.82, 2.24) is 4.98 Å². The molecule has 0 saturated carbocycles. The molecule has 1 unspecified atom stereocenters.